The van der Waals surface area contributed by atoms with Gasteiger partial charge in [-0.2, -0.15) is 0 Å². The Kier molecular flexibility index (Phi) is 16.0. The first kappa shape index (κ1) is 24.9. The molecule has 28 heavy (non-hydrogen) atoms. The third kappa shape index (κ3) is 14.9. The predicted octanol–water partition coefficient (Wildman–Crippen LogP) is 8.11. The highest BCUT2D eigenvalue weighted by atomic mass is 32.1. The fourth-order valence-corrected chi connectivity index (χ4v) is 3.81. The Labute approximate surface area is 179 Å². The molecule has 0 atom stereocenters. The van der Waals surface area contributed by atoms with Crippen molar-refractivity contribution in [2.75, 3.05) is 0 Å². The van der Waals surface area contributed by atoms with Crippen LogP contribution in [0.25, 0.3) is 0 Å². The first-order valence-electron chi connectivity index (χ1n) is 11.8. The van der Waals surface area contributed by atoms with E-state index in [0.29, 0.717) is 0 Å². The number of aryl methyl sites for hydroxylation is 1. The van der Waals surface area contributed by atoms with Gasteiger partial charge in [0, 0.05) is 0 Å². The molecule has 3 heteroatoms. The summed E-state index contributed by atoms with van der Waals surface area (Å²) in [6, 6.07) is 8.11. The topological polar surface area (TPSA) is 35.2 Å². The van der Waals surface area contributed by atoms with E-state index in [1.54, 1.807) is 0 Å². The first-order valence-corrected chi connectivity index (χ1v) is 12.2. The van der Waals surface area contributed by atoms with E-state index < -0.39 is 0 Å². The Morgan fingerprint density at radius 2 is 1.07 bits per heavy atom. The minimum Gasteiger partial charge on any atom is -0.432 e. The van der Waals surface area contributed by atoms with Crippen molar-refractivity contribution < 1.29 is 4.74 Å². The van der Waals surface area contributed by atoms with Gasteiger partial charge in [-0.25, -0.2) is 0 Å². The van der Waals surface area contributed by atoms with Crippen LogP contribution in [0.15, 0.2) is 24.3 Å². The molecule has 0 aromatic heterocycles. The molecule has 1 rings (SSSR count). The average Bonchev–Trinajstić information content (AvgIpc) is 2.68. The molecule has 0 aliphatic heterocycles. The number of benzene rings is 1. The Morgan fingerprint density at radius 1 is 0.679 bits per heavy atom. The van der Waals surface area contributed by atoms with Crippen molar-refractivity contribution in [3.8, 4) is 5.75 Å². The van der Waals surface area contributed by atoms with E-state index in [9.17, 15) is 0 Å². The molecule has 0 saturated heterocycles. The lowest BCUT2D eigenvalue weighted by Crippen LogP contribution is -2.15. The van der Waals surface area contributed by atoms with Gasteiger partial charge in [-0.3, -0.25) is 0 Å². The Morgan fingerprint density at radius 3 is 1.46 bits per heavy atom. The first-order chi connectivity index (χ1) is 13.7. The normalized spacial score (nSPS) is 10.9. The minimum absolute atomic E-state index is 0.0746. The summed E-state index contributed by atoms with van der Waals surface area (Å²) in [6.45, 7) is 2.29. The fraction of sp³-hybridized carbons (Fsp3) is 0.720. The van der Waals surface area contributed by atoms with E-state index in [4.69, 9.17) is 22.7 Å². The summed E-state index contributed by atoms with van der Waals surface area (Å²) in [5, 5.41) is 0.0746. The van der Waals surface area contributed by atoms with Crippen molar-refractivity contribution in [2.45, 2.75) is 116 Å². The number of ether oxygens (including phenoxy) is 1. The highest BCUT2D eigenvalue weighted by Gasteiger charge is 1.98. The molecule has 1 aromatic carbocycles. The van der Waals surface area contributed by atoms with E-state index in [1.165, 1.54) is 108 Å². The van der Waals surface area contributed by atoms with Crippen LogP contribution >= 0.6 is 12.2 Å². The van der Waals surface area contributed by atoms with Crippen LogP contribution in [0.3, 0.4) is 0 Å². The molecular weight excluding hydrogens is 362 g/mol. The number of thiocarbonyl (C=S) groups is 1. The Hall–Kier alpha value is -1.09. The molecule has 0 saturated carbocycles. The summed E-state index contributed by atoms with van der Waals surface area (Å²) >= 11 is 4.74. The maximum Gasteiger partial charge on any atom is 0.259 e. The van der Waals surface area contributed by atoms with Crippen LogP contribution in [0.2, 0.25) is 0 Å². The standard InChI is InChI=1S/C25H43NOS/c1-2-3-4-5-6-7-8-9-10-11-12-13-14-15-16-17-18-23-19-21-24(22-20-23)27-25(26)28/h19-22H,2-18H2,1H3,(H2,26,28). The molecule has 0 heterocycles. The van der Waals surface area contributed by atoms with Gasteiger partial charge in [0.05, 0.1) is 0 Å². The largest absolute Gasteiger partial charge is 0.432 e. The summed E-state index contributed by atoms with van der Waals surface area (Å²) in [6.07, 6.45) is 23.8. The van der Waals surface area contributed by atoms with E-state index in [2.05, 4.69) is 19.1 Å². The smallest absolute Gasteiger partial charge is 0.259 e. The lowest BCUT2D eigenvalue weighted by Gasteiger charge is -2.05. The molecule has 1 aromatic rings. The van der Waals surface area contributed by atoms with Crippen molar-refractivity contribution in [1.29, 1.82) is 0 Å². The summed E-state index contributed by atoms with van der Waals surface area (Å²) in [4.78, 5) is 0. The van der Waals surface area contributed by atoms with Gasteiger partial charge in [0.2, 0.25) is 0 Å². The van der Waals surface area contributed by atoms with Crippen molar-refractivity contribution >= 4 is 17.4 Å². The van der Waals surface area contributed by atoms with Gasteiger partial charge >= 0.3 is 0 Å². The van der Waals surface area contributed by atoms with Gasteiger partial charge in [0.1, 0.15) is 5.75 Å². The molecule has 160 valence electrons. The summed E-state index contributed by atoms with van der Waals surface area (Å²) in [7, 11) is 0. The number of hydrogen-bond acceptors (Lipinski definition) is 2. The number of nitrogens with two attached hydrogens (primary N) is 1. The van der Waals surface area contributed by atoms with Crippen molar-refractivity contribution in [1.82, 2.24) is 0 Å². The molecule has 0 spiro atoms. The van der Waals surface area contributed by atoms with Crippen LogP contribution in [0.1, 0.15) is 115 Å². The van der Waals surface area contributed by atoms with Crippen molar-refractivity contribution in [3.05, 3.63) is 29.8 Å². The highest BCUT2D eigenvalue weighted by molar-refractivity contribution is 7.80. The quantitative estimate of drug-likeness (QED) is 0.198. The zero-order valence-corrected chi connectivity index (χ0v) is 19.0. The van der Waals surface area contributed by atoms with E-state index in [0.717, 1.165) is 12.2 Å². The van der Waals surface area contributed by atoms with E-state index in [-0.39, 0.29) is 5.17 Å². The minimum atomic E-state index is 0.0746. The van der Waals surface area contributed by atoms with Gasteiger partial charge < -0.3 is 10.5 Å². The second-order valence-corrected chi connectivity index (χ2v) is 8.52. The van der Waals surface area contributed by atoms with Crippen molar-refractivity contribution in [3.63, 3.8) is 0 Å². The Balaban J connectivity index is 1.82. The average molecular weight is 406 g/mol. The molecule has 2 N–H and O–H groups in total. The molecule has 0 amide bonds. The summed E-state index contributed by atoms with van der Waals surface area (Å²) < 4.78 is 5.21. The van der Waals surface area contributed by atoms with E-state index in [1.807, 2.05) is 12.1 Å². The molecule has 0 aliphatic carbocycles. The van der Waals surface area contributed by atoms with Gasteiger partial charge in [-0.15, -0.1) is 0 Å². The second kappa shape index (κ2) is 18.0. The van der Waals surface area contributed by atoms with Gasteiger partial charge in [0.15, 0.2) is 0 Å². The van der Waals surface area contributed by atoms with Crippen molar-refractivity contribution in [2.24, 2.45) is 5.73 Å². The number of hydrogen-bond donors (Lipinski definition) is 1. The monoisotopic (exact) mass is 405 g/mol. The number of unbranched alkanes of at least 4 members (excludes halogenated alkanes) is 15. The second-order valence-electron chi connectivity index (χ2n) is 8.12. The van der Waals surface area contributed by atoms with Crippen LogP contribution in [0, 0.1) is 0 Å². The van der Waals surface area contributed by atoms with Crippen LogP contribution < -0.4 is 10.5 Å². The lowest BCUT2D eigenvalue weighted by molar-refractivity contribution is 0.529. The molecule has 2 nitrogen and oxygen atoms in total. The number of rotatable bonds is 18. The van der Waals surface area contributed by atoms with E-state index >= 15 is 0 Å². The highest BCUT2D eigenvalue weighted by Crippen LogP contribution is 2.16. The molecule has 0 radical (unpaired) electrons. The zero-order valence-electron chi connectivity index (χ0n) is 18.2. The molecule has 0 aliphatic rings. The van der Waals surface area contributed by atoms with Crippen LogP contribution in [0.4, 0.5) is 0 Å². The molecule has 0 unspecified atom stereocenters. The van der Waals surface area contributed by atoms with Crippen LogP contribution in [0.5, 0.6) is 5.75 Å². The molecule has 0 bridgehead atoms. The SMILES string of the molecule is CCCCCCCCCCCCCCCCCCc1ccc(OC(N)=S)cc1. The maximum absolute atomic E-state index is 5.37. The predicted molar refractivity (Wildman–Crippen MR) is 127 cm³/mol. The van der Waals surface area contributed by atoms with Crippen LogP contribution in [-0.2, 0) is 6.42 Å². The fourth-order valence-electron chi connectivity index (χ4n) is 3.72. The Bertz CT molecular complexity index is 486. The maximum atomic E-state index is 5.37. The summed E-state index contributed by atoms with van der Waals surface area (Å²) in [5.74, 6) is 0.725. The zero-order chi connectivity index (χ0) is 20.3. The third-order valence-electron chi connectivity index (χ3n) is 5.46. The van der Waals surface area contributed by atoms with Gasteiger partial charge in [-0.05, 0) is 42.8 Å². The summed E-state index contributed by atoms with van der Waals surface area (Å²) in [5.41, 5.74) is 6.74. The third-order valence-corrected chi connectivity index (χ3v) is 5.54. The van der Waals surface area contributed by atoms with Gasteiger partial charge in [0.25, 0.3) is 5.17 Å². The van der Waals surface area contributed by atoms with Crippen LogP contribution in [-0.4, -0.2) is 5.17 Å². The molecule has 0 fully saturated rings. The lowest BCUT2D eigenvalue weighted by atomic mass is 10.0. The molecular formula is C25H43NOS. The van der Waals surface area contributed by atoms with Gasteiger partial charge in [-0.1, -0.05) is 115 Å².